The van der Waals surface area contributed by atoms with Crippen LogP contribution in [0.2, 0.25) is 0 Å². The number of hydrogen-bond acceptors (Lipinski definition) is 4. The third-order valence-electron chi connectivity index (χ3n) is 8.29. The average molecular weight is 587 g/mol. The molecule has 0 amide bonds. The average Bonchev–Trinajstić information content (AvgIpc) is 3.01. The van der Waals surface area contributed by atoms with Gasteiger partial charge in [-0.1, -0.05) is 147 Å². The van der Waals surface area contributed by atoms with Gasteiger partial charge in [0.1, 0.15) is 12.4 Å². The molecule has 0 aliphatic carbocycles. The lowest BCUT2D eigenvalue weighted by Gasteiger charge is -2.17. The van der Waals surface area contributed by atoms with Crippen LogP contribution in [0.5, 0.6) is 5.75 Å². The summed E-state index contributed by atoms with van der Waals surface area (Å²) in [6.07, 6.45) is 31.6. The van der Waals surface area contributed by atoms with E-state index in [4.69, 9.17) is 14.2 Å². The van der Waals surface area contributed by atoms with Crippen LogP contribution in [0.3, 0.4) is 0 Å². The lowest BCUT2D eigenvalue weighted by atomic mass is 9.91. The van der Waals surface area contributed by atoms with E-state index >= 15 is 0 Å². The van der Waals surface area contributed by atoms with E-state index in [2.05, 4.69) is 32.1 Å². The summed E-state index contributed by atoms with van der Waals surface area (Å²) in [5.74, 6) is 1.63. The van der Waals surface area contributed by atoms with Crippen molar-refractivity contribution in [3.8, 4) is 5.75 Å². The van der Waals surface area contributed by atoms with E-state index in [9.17, 15) is 4.79 Å². The van der Waals surface area contributed by atoms with Crippen LogP contribution >= 0.6 is 0 Å². The molecular formula is C38H66O4. The zero-order valence-electron chi connectivity index (χ0n) is 27.9. The first-order chi connectivity index (χ1) is 20.7. The van der Waals surface area contributed by atoms with Crippen LogP contribution in [0.1, 0.15) is 161 Å². The van der Waals surface area contributed by atoms with Crippen molar-refractivity contribution in [3.63, 3.8) is 0 Å². The van der Waals surface area contributed by atoms with Crippen LogP contribution in [0.4, 0.5) is 0 Å². The number of unbranched alkanes of at least 4 members (excludes halogenated alkanes) is 15. The molecule has 1 unspecified atom stereocenters. The highest BCUT2D eigenvalue weighted by atomic mass is 16.5. The summed E-state index contributed by atoms with van der Waals surface area (Å²) >= 11 is 0. The smallest absolute Gasteiger partial charge is 0.306 e. The number of ether oxygens (including phenoxy) is 3. The Hall–Kier alpha value is -1.81. The van der Waals surface area contributed by atoms with Crippen molar-refractivity contribution in [1.29, 1.82) is 0 Å². The number of allylic oxidation sites excluding steroid dienone is 1. The van der Waals surface area contributed by atoms with Gasteiger partial charge < -0.3 is 14.2 Å². The standard InChI is InChI=1S/C38H66O4/c1-4-6-8-10-13-16-20-24-35(31-33-41-34-36-27-29-37(40-3)30-28-36)25-21-17-14-12-15-18-22-26-38(39)42-32-23-19-11-9-7-5-2/h19,23,27-30,35H,4-18,20-22,24-26,31-34H2,1-3H3/b23-19-. The molecular weight excluding hydrogens is 520 g/mol. The number of esters is 1. The minimum Gasteiger partial charge on any atom is -0.497 e. The van der Waals surface area contributed by atoms with E-state index in [1.54, 1.807) is 7.11 Å². The molecule has 0 aliphatic heterocycles. The molecule has 0 spiro atoms. The lowest BCUT2D eigenvalue weighted by Crippen LogP contribution is -2.06. The van der Waals surface area contributed by atoms with Crippen molar-refractivity contribution in [2.75, 3.05) is 20.3 Å². The number of rotatable bonds is 30. The minimum atomic E-state index is -0.0480. The molecule has 1 aromatic rings. The van der Waals surface area contributed by atoms with Crippen LogP contribution in [0.15, 0.2) is 36.4 Å². The van der Waals surface area contributed by atoms with E-state index in [0.717, 1.165) is 37.5 Å². The van der Waals surface area contributed by atoms with Gasteiger partial charge >= 0.3 is 5.97 Å². The summed E-state index contributed by atoms with van der Waals surface area (Å²) in [4.78, 5) is 11.9. The van der Waals surface area contributed by atoms with Crippen LogP contribution in [-0.2, 0) is 20.9 Å². The normalized spacial score (nSPS) is 12.2. The molecule has 4 heteroatoms. The van der Waals surface area contributed by atoms with Crippen molar-refractivity contribution < 1.29 is 19.0 Å². The van der Waals surface area contributed by atoms with E-state index in [-0.39, 0.29) is 5.97 Å². The molecule has 1 atom stereocenters. The molecule has 0 fully saturated rings. The van der Waals surface area contributed by atoms with Gasteiger partial charge in [0.2, 0.25) is 0 Å². The van der Waals surface area contributed by atoms with Crippen molar-refractivity contribution >= 4 is 5.97 Å². The molecule has 4 nitrogen and oxygen atoms in total. The number of benzene rings is 1. The Labute approximate surface area is 260 Å². The highest BCUT2D eigenvalue weighted by Crippen LogP contribution is 2.23. The summed E-state index contributed by atoms with van der Waals surface area (Å²) < 4.78 is 16.6. The van der Waals surface area contributed by atoms with E-state index < -0.39 is 0 Å². The summed E-state index contributed by atoms with van der Waals surface area (Å²) in [6.45, 7) is 6.47. The lowest BCUT2D eigenvalue weighted by molar-refractivity contribution is -0.142. The van der Waals surface area contributed by atoms with Gasteiger partial charge in [0.15, 0.2) is 0 Å². The van der Waals surface area contributed by atoms with E-state index in [1.807, 2.05) is 18.2 Å². The molecule has 0 aliphatic rings. The zero-order chi connectivity index (χ0) is 30.4. The predicted octanol–water partition coefficient (Wildman–Crippen LogP) is 11.5. The summed E-state index contributed by atoms with van der Waals surface area (Å²) in [6, 6.07) is 8.20. The molecule has 42 heavy (non-hydrogen) atoms. The fourth-order valence-electron chi connectivity index (χ4n) is 5.48. The highest BCUT2D eigenvalue weighted by molar-refractivity contribution is 5.69. The van der Waals surface area contributed by atoms with Gasteiger partial charge in [0.05, 0.1) is 13.7 Å². The summed E-state index contributed by atoms with van der Waals surface area (Å²) in [7, 11) is 1.70. The van der Waals surface area contributed by atoms with Gasteiger partial charge in [0, 0.05) is 13.0 Å². The monoisotopic (exact) mass is 586 g/mol. The molecule has 0 radical (unpaired) electrons. The molecule has 0 bridgehead atoms. The Morgan fingerprint density at radius 1 is 0.690 bits per heavy atom. The topological polar surface area (TPSA) is 44.8 Å². The molecule has 1 rings (SSSR count). The van der Waals surface area contributed by atoms with Gasteiger partial charge in [-0.2, -0.15) is 0 Å². The molecule has 1 aromatic carbocycles. The number of carbonyl (C=O) groups is 1. The number of hydrogen-bond donors (Lipinski definition) is 0. The van der Waals surface area contributed by atoms with Crippen LogP contribution in [-0.4, -0.2) is 26.3 Å². The summed E-state index contributed by atoms with van der Waals surface area (Å²) in [5, 5.41) is 0. The third-order valence-corrected chi connectivity index (χ3v) is 8.29. The van der Waals surface area contributed by atoms with Gasteiger partial charge in [-0.05, 0) is 49.3 Å². The van der Waals surface area contributed by atoms with Gasteiger partial charge in [-0.3, -0.25) is 4.79 Å². The van der Waals surface area contributed by atoms with Crippen molar-refractivity contribution in [2.24, 2.45) is 5.92 Å². The van der Waals surface area contributed by atoms with Crippen LogP contribution in [0, 0.1) is 5.92 Å². The fraction of sp³-hybridized carbons (Fsp3) is 0.763. The Kier molecular flexibility index (Phi) is 26.6. The maximum atomic E-state index is 11.9. The first kappa shape index (κ1) is 38.2. The SMILES string of the molecule is CCCCC/C=C\COC(=O)CCCCCCCCCC(CCCCCCCCC)CCOCc1ccc(OC)cc1. The fourth-order valence-corrected chi connectivity index (χ4v) is 5.48. The predicted molar refractivity (Wildman–Crippen MR) is 179 cm³/mol. The molecule has 0 aromatic heterocycles. The second-order valence-corrected chi connectivity index (χ2v) is 12.1. The van der Waals surface area contributed by atoms with Gasteiger partial charge in [-0.25, -0.2) is 0 Å². The largest absolute Gasteiger partial charge is 0.497 e. The van der Waals surface area contributed by atoms with Gasteiger partial charge in [0.25, 0.3) is 0 Å². The first-order valence-electron chi connectivity index (χ1n) is 17.7. The van der Waals surface area contributed by atoms with E-state index in [1.165, 1.54) is 121 Å². The Morgan fingerprint density at radius 2 is 1.26 bits per heavy atom. The van der Waals surface area contributed by atoms with Gasteiger partial charge in [-0.15, -0.1) is 0 Å². The Bertz CT molecular complexity index is 742. The second-order valence-electron chi connectivity index (χ2n) is 12.1. The maximum absolute atomic E-state index is 11.9. The maximum Gasteiger partial charge on any atom is 0.306 e. The molecule has 0 N–H and O–H groups in total. The molecule has 0 saturated heterocycles. The third kappa shape index (κ3) is 23.7. The molecule has 0 saturated carbocycles. The number of methoxy groups -OCH3 is 1. The minimum absolute atomic E-state index is 0.0480. The zero-order valence-corrected chi connectivity index (χ0v) is 27.9. The van der Waals surface area contributed by atoms with Crippen molar-refractivity contribution in [3.05, 3.63) is 42.0 Å². The summed E-state index contributed by atoms with van der Waals surface area (Å²) in [5.41, 5.74) is 1.21. The highest BCUT2D eigenvalue weighted by Gasteiger charge is 2.09. The molecule has 0 heterocycles. The van der Waals surface area contributed by atoms with E-state index in [0.29, 0.717) is 19.6 Å². The Morgan fingerprint density at radius 3 is 1.88 bits per heavy atom. The van der Waals surface area contributed by atoms with Crippen LogP contribution < -0.4 is 4.74 Å². The quantitative estimate of drug-likeness (QED) is 0.0511. The number of carbonyl (C=O) groups excluding carboxylic acids is 1. The van der Waals surface area contributed by atoms with Crippen molar-refractivity contribution in [1.82, 2.24) is 0 Å². The molecule has 242 valence electrons. The Balaban J connectivity index is 2.13. The first-order valence-corrected chi connectivity index (χ1v) is 17.7. The second kappa shape index (κ2) is 29.3. The van der Waals surface area contributed by atoms with Crippen LogP contribution in [0.25, 0.3) is 0 Å². The van der Waals surface area contributed by atoms with Crippen molar-refractivity contribution in [2.45, 2.75) is 162 Å².